The van der Waals surface area contributed by atoms with E-state index in [1.54, 1.807) is 29.1 Å². The van der Waals surface area contributed by atoms with E-state index in [9.17, 15) is 13.6 Å². The van der Waals surface area contributed by atoms with E-state index in [1.165, 1.54) is 18.6 Å². The molecule has 7 nitrogen and oxygen atoms in total. The summed E-state index contributed by atoms with van der Waals surface area (Å²) in [6.07, 6.45) is 11.4. The lowest BCUT2D eigenvalue weighted by molar-refractivity contribution is -0.126. The number of nitriles is 2. The van der Waals surface area contributed by atoms with E-state index in [-0.39, 0.29) is 30.5 Å². The summed E-state index contributed by atoms with van der Waals surface area (Å²) in [5, 5.41) is 25.0. The van der Waals surface area contributed by atoms with Crippen LogP contribution in [-0.4, -0.2) is 40.0 Å². The van der Waals surface area contributed by atoms with Gasteiger partial charge in [0, 0.05) is 49.3 Å². The first-order valence-electron chi connectivity index (χ1n) is 14.3. The van der Waals surface area contributed by atoms with Gasteiger partial charge in [-0.05, 0) is 67.6 Å². The number of anilines is 1. The molecule has 0 spiro atoms. The molecule has 212 valence electrons. The molecule has 0 unspecified atom stereocenters. The fourth-order valence-corrected chi connectivity index (χ4v) is 5.40. The van der Waals surface area contributed by atoms with Crippen molar-refractivity contribution in [1.82, 2.24) is 15.1 Å². The summed E-state index contributed by atoms with van der Waals surface area (Å²) < 4.78 is 28.8. The van der Waals surface area contributed by atoms with Gasteiger partial charge in [0.1, 0.15) is 17.4 Å². The van der Waals surface area contributed by atoms with Gasteiger partial charge < -0.3 is 10.2 Å². The smallest absolute Gasteiger partial charge is 0.224 e. The first kappa shape index (κ1) is 28.3. The highest BCUT2D eigenvalue weighted by Crippen LogP contribution is 2.35. The van der Waals surface area contributed by atoms with Crippen molar-refractivity contribution in [3.63, 3.8) is 0 Å². The van der Waals surface area contributed by atoms with Crippen LogP contribution < -0.4 is 10.2 Å². The second kappa shape index (κ2) is 12.1. The zero-order valence-corrected chi connectivity index (χ0v) is 23.0. The molecule has 9 heteroatoms. The second-order valence-electron chi connectivity index (χ2n) is 11.3. The van der Waals surface area contributed by atoms with E-state index in [2.05, 4.69) is 21.4 Å². The molecule has 3 fully saturated rings. The first-order valence-corrected chi connectivity index (χ1v) is 14.3. The Morgan fingerprint density at radius 3 is 2.10 bits per heavy atom. The van der Waals surface area contributed by atoms with E-state index >= 15 is 0 Å². The zero-order valence-electron chi connectivity index (χ0n) is 23.0. The van der Waals surface area contributed by atoms with Crippen molar-refractivity contribution in [3.8, 4) is 29.0 Å². The summed E-state index contributed by atoms with van der Waals surface area (Å²) in [5.41, 5.74) is 1.61. The monoisotopic (exact) mass is 556 g/mol. The molecule has 1 amide bonds. The van der Waals surface area contributed by atoms with Crippen LogP contribution >= 0.6 is 0 Å². The molecule has 1 saturated heterocycles. The van der Waals surface area contributed by atoms with Crippen molar-refractivity contribution in [3.05, 3.63) is 66.7 Å². The number of amides is 1. The number of hydrogen-bond donors (Lipinski definition) is 1. The average Bonchev–Trinajstić information content (AvgIpc) is 3.62. The number of halogens is 2. The molecule has 1 aliphatic heterocycles. The van der Waals surface area contributed by atoms with Gasteiger partial charge in [-0.25, -0.2) is 13.5 Å². The number of carbonyl (C=O) groups is 1. The first-order chi connectivity index (χ1) is 19.8. The SMILES string of the molecule is N#CC1(F)CCN(c2ccc(-c3cnn(-c4ccc(F)cc4)c3)cc2)CC1.N#CC1(NC(=O)C2CCCCC2)CC1. The van der Waals surface area contributed by atoms with Crippen molar-refractivity contribution in [2.45, 2.75) is 69.0 Å². The Hall–Kier alpha value is -4.24. The Kier molecular flexibility index (Phi) is 8.35. The van der Waals surface area contributed by atoms with Crippen molar-refractivity contribution >= 4 is 11.6 Å². The van der Waals surface area contributed by atoms with Gasteiger partial charge in [-0.2, -0.15) is 15.6 Å². The highest BCUT2D eigenvalue weighted by atomic mass is 19.1. The highest BCUT2D eigenvalue weighted by molar-refractivity contribution is 5.80. The summed E-state index contributed by atoms with van der Waals surface area (Å²) in [7, 11) is 0. The number of rotatable bonds is 5. The predicted molar refractivity (Wildman–Crippen MR) is 152 cm³/mol. The maximum absolute atomic E-state index is 14.0. The molecule has 3 aromatic rings. The number of alkyl halides is 1. The third kappa shape index (κ3) is 6.92. The maximum atomic E-state index is 14.0. The van der Waals surface area contributed by atoms with E-state index < -0.39 is 11.2 Å². The standard InChI is InChI=1S/C21H18F2N4.C11H16N2O/c22-18-3-7-20(8-4-18)27-14-17(13-25-27)16-1-5-19(6-2-16)26-11-9-21(23,15-24)10-12-26;12-8-11(6-7-11)13-10(14)9-4-2-1-3-5-9/h1-8,13-14H,9-12H2;9H,1-7H2,(H,13,14). The fraction of sp³-hybridized carbons (Fsp3) is 0.438. The van der Waals surface area contributed by atoms with Crippen LogP contribution in [0.2, 0.25) is 0 Å². The van der Waals surface area contributed by atoms with Gasteiger partial charge in [0.05, 0.1) is 18.0 Å². The van der Waals surface area contributed by atoms with Gasteiger partial charge in [-0.1, -0.05) is 31.4 Å². The molecule has 0 bridgehead atoms. The van der Waals surface area contributed by atoms with Gasteiger partial charge >= 0.3 is 0 Å². The molecule has 1 aromatic heterocycles. The Morgan fingerprint density at radius 1 is 0.878 bits per heavy atom. The summed E-state index contributed by atoms with van der Waals surface area (Å²) in [4.78, 5) is 13.8. The molecule has 3 aliphatic rings. The Balaban J connectivity index is 0.000000202. The lowest BCUT2D eigenvalue weighted by Gasteiger charge is -2.34. The van der Waals surface area contributed by atoms with Crippen LogP contribution in [0, 0.1) is 34.4 Å². The lowest BCUT2D eigenvalue weighted by Crippen LogP contribution is -2.40. The number of aromatic nitrogens is 2. The van der Waals surface area contributed by atoms with E-state index in [1.807, 2.05) is 30.5 Å². The molecule has 2 heterocycles. The van der Waals surface area contributed by atoms with Crippen molar-refractivity contribution in [2.75, 3.05) is 18.0 Å². The fourth-order valence-electron chi connectivity index (χ4n) is 5.40. The Morgan fingerprint density at radius 2 is 1.51 bits per heavy atom. The van der Waals surface area contributed by atoms with Crippen LogP contribution in [0.3, 0.4) is 0 Å². The van der Waals surface area contributed by atoms with Crippen LogP contribution in [0.25, 0.3) is 16.8 Å². The maximum Gasteiger partial charge on any atom is 0.224 e. The van der Waals surface area contributed by atoms with E-state index in [0.717, 1.165) is 61.0 Å². The molecule has 2 aromatic carbocycles. The summed E-state index contributed by atoms with van der Waals surface area (Å²) in [6, 6.07) is 18.1. The predicted octanol–water partition coefficient (Wildman–Crippen LogP) is 6.25. The van der Waals surface area contributed by atoms with Crippen LogP contribution in [0.1, 0.15) is 57.8 Å². The van der Waals surface area contributed by atoms with Crippen molar-refractivity contribution in [1.29, 1.82) is 10.5 Å². The van der Waals surface area contributed by atoms with Crippen LogP contribution in [0.15, 0.2) is 60.9 Å². The number of nitrogens with zero attached hydrogens (tertiary/aromatic N) is 5. The molecule has 0 radical (unpaired) electrons. The molecule has 2 aliphatic carbocycles. The third-order valence-electron chi connectivity index (χ3n) is 8.30. The molecular formula is C32H34F2N6O. The lowest BCUT2D eigenvalue weighted by atomic mass is 9.88. The number of piperidine rings is 1. The molecule has 0 atom stereocenters. The number of benzene rings is 2. The molecule has 41 heavy (non-hydrogen) atoms. The summed E-state index contributed by atoms with van der Waals surface area (Å²) in [5.74, 6) is 0.0116. The van der Waals surface area contributed by atoms with Gasteiger partial charge in [-0.3, -0.25) is 4.79 Å². The topological polar surface area (TPSA) is 97.7 Å². The van der Waals surface area contributed by atoms with Crippen LogP contribution in [0.4, 0.5) is 14.5 Å². The van der Waals surface area contributed by atoms with Gasteiger partial charge in [0.15, 0.2) is 5.67 Å². The van der Waals surface area contributed by atoms with Gasteiger partial charge in [0.25, 0.3) is 0 Å². The minimum absolute atomic E-state index is 0.115. The molecule has 2 saturated carbocycles. The van der Waals surface area contributed by atoms with E-state index in [0.29, 0.717) is 13.1 Å². The normalized spacial score (nSPS) is 19.2. The van der Waals surface area contributed by atoms with Crippen molar-refractivity contribution in [2.24, 2.45) is 5.92 Å². The Bertz CT molecular complexity index is 1420. The van der Waals surface area contributed by atoms with Crippen molar-refractivity contribution < 1.29 is 13.6 Å². The highest BCUT2D eigenvalue weighted by Gasteiger charge is 2.45. The number of hydrogen-bond acceptors (Lipinski definition) is 5. The summed E-state index contributed by atoms with van der Waals surface area (Å²) in [6.45, 7) is 1.07. The van der Waals surface area contributed by atoms with E-state index in [4.69, 9.17) is 10.5 Å². The molecule has 6 rings (SSSR count). The molecular weight excluding hydrogens is 522 g/mol. The second-order valence-corrected chi connectivity index (χ2v) is 11.3. The van der Waals surface area contributed by atoms with Crippen LogP contribution in [-0.2, 0) is 4.79 Å². The zero-order chi connectivity index (χ0) is 28.9. The molecule has 1 N–H and O–H groups in total. The largest absolute Gasteiger partial charge is 0.371 e. The van der Waals surface area contributed by atoms with Gasteiger partial charge in [0.2, 0.25) is 5.91 Å². The van der Waals surface area contributed by atoms with Gasteiger partial charge in [-0.15, -0.1) is 0 Å². The van der Waals surface area contributed by atoms with Crippen LogP contribution in [0.5, 0.6) is 0 Å². The summed E-state index contributed by atoms with van der Waals surface area (Å²) >= 11 is 0. The third-order valence-corrected chi connectivity index (χ3v) is 8.30. The minimum Gasteiger partial charge on any atom is -0.371 e. The quantitative estimate of drug-likeness (QED) is 0.401. The number of carbonyl (C=O) groups excluding carboxylic acids is 1. The average molecular weight is 557 g/mol. The number of nitrogens with one attached hydrogen (secondary N) is 1. The minimum atomic E-state index is -1.69. The Labute approximate surface area is 239 Å².